The van der Waals surface area contributed by atoms with Crippen LogP contribution in [-0.2, 0) is 0 Å². The Bertz CT molecular complexity index is 771. The lowest BCUT2D eigenvalue weighted by Crippen LogP contribution is -2.08. The van der Waals surface area contributed by atoms with Crippen molar-refractivity contribution in [3.63, 3.8) is 0 Å². The number of unbranched alkanes of at least 4 members (excludes halogenated alkanes) is 1. The number of nitrogens with zero attached hydrogens (tertiary/aromatic N) is 1. The average Bonchev–Trinajstić information content (AvgIpc) is 3.16. The van der Waals surface area contributed by atoms with Crippen molar-refractivity contribution in [3.05, 3.63) is 65.2 Å². The predicted molar refractivity (Wildman–Crippen MR) is 102 cm³/mol. The first-order chi connectivity index (χ1) is 12.7. The van der Waals surface area contributed by atoms with E-state index in [1.54, 1.807) is 24.3 Å². The highest BCUT2D eigenvalue weighted by molar-refractivity contribution is 5.91. The lowest BCUT2D eigenvalue weighted by Gasteiger charge is -2.12. The van der Waals surface area contributed by atoms with Gasteiger partial charge in [0.05, 0.1) is 17.2 Å². The van der Waals surface area contributed by atoms with Gasteiger partial charge in [0.2, 0.25) is 0 Å². The molecule has 0 radical (unpaired) electrons. The third kappa shape index (κ3) is 4.52. The highest BCUT2D eigenvalue weighted by atomic mass is 16.5. The molecule has 2 unspecified atom stereocenters. The van der Waals surface area contributed by atoms with Crippen molar-refractivity contribution in [2.75, 3.05) is 0 Å². The topological polar surface area (TPSA) is 50.1 Å². The molecule has 0 amide bonds. The minimum atomic E-state index is -0.367. The predicted octanol–water partition coefficient (Wildman–Crippen LogP) is 5.85. The van der Waals surface area contributed by atoms with Crippen molar-refractivity contribution in [2.45, 2.75) is 51.4 Å². The van der Waals surface area contributed by atoms with Crippen LogP contribution in [0.15, 0.2) is 48.5 Å². The van der Waals surface area contributed by atoms with Crippen LogP contribution in [-0.4, -0.2) is 5.97 Å². The Morgan fingerprint density at radius 3 is 2.50 bits per heavy atom. The number of ether oxygens (including phenoxy) is 1. The zero-order valence-corrected chi connectivity index (χ0v) is 15.3. The number of hydrogen-bond acceptors (Lipinski definition) is 3. The van der Waals surface area contributed by atoms with Crippen LogP contribution in [0.4, 0.5) is 0 Å². The van der Waals surface area contributed by atoms with E-state index in [2.05, 4.69) is 19.1 Å². The summed E-state index contributed by atoms with van der Waals surface area (Å²) in [6.45, 7) is 2.25. The third-order valence-corrected chi connectivity index (χ3v) is 5.32. The molecule has 2 aromatic carbocycles. The maximum atomic E-state index is 12.3. The lowest BCUT2D eigenvalue weighted by molar-refractivity contribution is 0.0734. The van der Waals surface area contributed by atoms with Gasteiger partial charge in [-0.25, -0.2) is 4.79 Å². The van der Waals surface area contributed by atoms with Gasteiger partial charge < -0.3 is 4.74 Å². The second-order valence-corrected chi connectivity index (χ2v) is 7.17. The summed E-state index contributed by atoms with van der Waals surface area (Å²) in [6, 6.07) is 16.5. The van der Waals surface area contributed by atoms with E-state index in [4.69, 9.17) is 10.00 Å². The Morgan fingerprint density at radius 1 is 1.12 bits per heavy atom. The van der Waals surface area contributed by atoms with Crippen LogP contribution < -0.4 is 4.74 Å². The molecule has 3 rings (SSSR count). The van der Waals surface area contributed by atoms with Crippen LogP contribution in [0.2, 0.25) is 0 Å². The third-order valence-electron chi connectivity index (χ3n) is 5.32. The Balaban J connectivity index is 1.58. The molecule has 0 aromatic heterocycles. The van der Waals surface area contributed by atoms with Crippen molar-refractivity contribution in [3.8, 4) is 11.8 Å². The number of nitriles is 1. The minimum Gasteiger partial charge on any atom is -0.423 e. The molecule has 3 nitrogen and oxygen atoms in total. The molecule has 0 aliphatic heterocycles. The van der Waals surface area contributed by atoms with Gasteiger partial charge in [0.1, 0.15) is 5.75 Å². The summed E-state index contributed by atoms with van der Waals surface area (Å²) >= 11 is 0. The summed E-state index contributed by atoms with van der Waals surface area (Å²) in [5, 5.41) is 8.81. The van der Waals surface area contributed by atoms with Gasteiger partial charge in [-0.2, -0.15) is 5.26 Å². The van der Waals surface area contributed by atoms with Crippen molar-refractivity contribution >= 4 is 5.97 Å². The van der Waals surface area contributed by atoms with Crippen LogP contribution in [0.1, 0.15) is 72.9 Å². The van der Waals surface area contributed by atoms with Gasteiger partial charge in [0.15, 0.2) is 0 Å². The Morgan fingerprint density at radius 2 is 1.85 bits per heavy atom. The summed E-state index contributed by atoms with van der Waals surface area (Å²) in [5.41, 5.74) is 2.43. The molecule has 1 fully saturated rings. The first kappa shape index (κ1) is 18.2. The van der Waals surface area contributed by atoms with Gasteiger partial charge in [0.25, 0.3) is 0 Å². The highest BCUT2D eigenvalue weighted by Gasteiger charge is 2.25. The number of hydrogen-bond donors (Lipinski definition) is 0. The fourth-order valence-electron chi connectivity index (χ4n) is 3.79. The smallest absolute Gasteiger partial charge is 0.343 e. The van der Waals surface area contributed by atoms with E-state index in [0.717, 1.165) is 5.92 Å². The van der Waals surface area contributed by atoms with Crippen LogP contribution in [0, 0.1) is 17.2 Å². The first-order valence-corrected chi connectivity index (χ1v) is 9.52. The largest absolute Gasteiger partial charge is 0.423 e. The Kier molecular flexibility index (Phi) is 6.07. The molecule has 2 atom stereocenters. The van der Waals surface area contributed by atoms with Gasteiger partial charge in [0, 0.05) is 0 Å². The van der Waals surface area contributed by atoms with Crippen LogP contribution in [0.3, 0.4) is 0 Å². The monoisotopic (exact) mass is 347 g/mol. The molecule has 1 aliphatic carbocycles. The summed E-state index contributed by atoms with van der Waals surface area (Å²) in [7, 11) is 0. The number of carbonyl (C=O) groups excluding carboxylic acids is 1. The summed E-state index contributed by atoms with van der Waals surface area (Å²) in [6.07, 6.45) is 7.81. The van der Waals surface area contributed by atoms with Gasteiger partial charge in [-0.15, -0.1) is 0 Å². The molecule has 0 bridgehead atoms. The maximum Gasteiger partial charge on any atom is 0.343 e. The molecule has 1 saturated carbocycles. The average molecular weight is 347 g/mol. The van der Waals surface area contributed by atoms with Gasteiger partial charge in [-0.05, 0) is 73.1 Å². The molecular formula is C23H25NO2. The number of carbonyl (C=O) groups is 1. The molecule has 0 heterocycles. The zero-order valence-electron chi connectivity index (χ0n) is 15.3. The fourth-order valence-corrected chi connectivity index (χ4v) is 3.79. The van der Waals surface area contributed by atoms with Gasteiger partial charge >= 0.3 is 5.97 Å². The van der Waals surface area contributed by atoms with Crippen molar-refractivity contribution in [1.29, 1.82) is 5.26 Å². The quantitative estimate of drug-likeness (QED) is 0.486. The van der Waals surface area contributed by atoms with Crippen molar-refractivity contribution in [1.82, 2.24) is 0 Å². The van der Waals surface area contributed by atoms with Crippen molar-refractivity contribution < 1.29 is 9.53 Å². The maximum absolute atomic E-state index is 12.3. The molecule has 0 spiro atoms. The van der Waals surface area contributed by atoms with Crippen LogP contribution in [0.25, 0.3) is 0 Å². The second kappa shape index (κ2) is 8.67. The second-order valence-electron chi connectivity index (χ2n) is 7.17. The van der Waals surface area contributed by atoms with Crippen LogP contribution >= 0.6 is 0 Å². The highest BCUT2D eigenvalue weighted by Crippen LogP contribution is 2.40. The Labute approximate surface area is 155 Å². The van der Waals surface area contributed by atoms with Gasteiger partial charge in [-0.1, -0.05) is 38.3 Å². The molecule has 26 heavy (non-hydrogen) atoms. The zero-order chi connectivity index (χ0) is 18.4. The molecule has 0 saturated heterocycles. The van der Waals surface area contributed by atoms with Gasteiger partial charge in [-0.3, -0.25) is 0 Å². The summed E-state index contributed by atoms with van der Waals surface area (Å²) in [4.78, 5) is 12.3. The lowest BCUT2D eigenvalue weighted by atomic mass is 9.94. The van der Waals surface area contributed by atoms with E-state index in [9.17, 15) is 4.79 Å². The molecular weight excluding hydrogens is 322 g/mol. The fraction of sp³-hybridized carbons (Fsp3) is 0.391. The van der Waals surface area contributed by atoms with E-state index < -0.39 is 0 Å². The SMILES string of the molecule is CCCCC1CCC(c2ccc(C(=O)Oc3ccc(C#N)cc3)cc2)C1. The number of benzene rings is 2. The van der Waals surface area contributed by atoms with E-state index in [1.807, 2.05) is 18.2 Å². The minimum absolute atomic E-state index is 0.367. The van der Waals surface area contributed by atoms with E-state index in [-0.39, 0.29) is 5.97 Å². The normalized spacial score (nSPS) is 19.1. The molecule has 1 aliphatic rings. The number of esters is 1. The molecule has 3 heteroatoms. The Hall–Kier alpha value is -2.60. The molecule has 0 N–H and O–H groups in total. The van der Waals surface area contributed by atoms with E-state index in [0.29, 0.717) is 22.8 Å². The summed E-state index contributed by atoms with van der Waals surface area (Å²) < 4.78 is 5.38. The van der Waals surface area contributed by atoms with E-state index >= 15 is 0 Å². The van der Waals surface area contributed by atoms with Crippen molar-refractivity contribution in [2.24, 2.45) is 5.92 Å². The standard InChI is InChI=1S/C23H25NO2/c1-2-3-4-17-5-8-21(15-17)19-9-11-20(12-10-19)23(25)26-22-13-6-18(16-24)7-14-22/h6-7,9-14,17,21H,2-5,8,15H2,1H3. The summed E-state index contributed by atoms with van der Waals surface area (Å²) in [5.74, 6) is 1.57. The van der Waals surface area contributed by atoms with Crippen LogP contribution in [0.5, 0.6) is 5.75 Å². The molecule has 134 valence electrons. The van der Waals surface area contributed by atoms with E-state index in [1.165, 1.54) is 44.1 Å². The first-order valence-electron chi connectivity index (χ1n) is 9.52. The molecule has 2 aromatic rings. The number of rotatable bonds is 6.